The zero-order valence-corrected chi connectivity index (χ0v) is 15.5. The summed E-state index contributed by atoms with van der Waals surface area (Å²) in [5.74, 6) is 0.213. The molecule has 0 aliphatic heterocycles. The van der Waals surface area contributed by atoms with Crippen LogP contribution < -0.4 is 0 Å². The molecule has 25 heavy (non-hydrogen) atoms. The van der Waals surface area contributed by atoms with Crippen LogP contribution in [-0.2, 0) is 12.8 Å². The van der Waals surface area contributed by atoms with Crippen LogP contribution in [0, 0.1) is 12.7 Å². The van der Waals surface area contributed by atoms with Crippen LogP contribution in [0.2, 0.25) is 0 Å². The first-order valence-corrected chi connectivity index (χ1v) is 10.1. The number of thiophene rings is 1. The summed E-state index contributed by atoms with van der Waals surface area (Å²) in [6, 6.07) is 6.13. The van der Waals surface area contributed by atoms with Crippen molar-refractivity contribution < 1.29 is 9.18 Å². The highest BCUT2D eigenvalue weighted by atomic mass is 32.2. The van der Waals surface area contributed by atoms with Crippen molar-refractivity contribution in [1.29, 1.82) is 0 Å². The Balaban J connectivity index is 1.66. The monoisotopic (exact) mass is 372 g/mol. The zero-order valence-electron chi connectivity index (χ0n) is 13.8. The predicted octanol–water partition coefficient (Wildman–Crippen LogP) is 4.99. The molecule has 0 bridgehead atoms. The maximum atomic E-state index is 13.8. The molecular weight excluding hydrogens is 355 g/mol. The van der Waals surface area contributed by atoms with Crippen molar-refractivity contribution in [2.24, 2.45) is 0 Å². The molecule has 0 radical (unpaired) electrons. The molecule has 0 amide bonds. The Morgan fingerprint density at radius 3 is 2.88 bits per heavy atom. The van der Waals surface area contributed by atoms with Gasteiger partial charge in [-0.2, -0.15) is 0 Å². The maximum absolute atomic E-state index is 13.8. The summed E-state index contributed by atoms with van der Waals surface area (Å²) in [6.07, 6.45) is 4.57. The number of ketones is 1. The largest absolute Gasteiger partial charge is 0.293 e. The van der Waals surface area contributed by atoms with E-state index in [-0.39, 0.29) is 17.1 Å². The van der Waals surface area contributed by atoms with E-state index < -0.39 is 5.82 Å². The van der Waals surface area contributed by atoms with E-state index in [1.807, 2.05) is 6.92 Å². The van der Waals surface area contributed by atoms with Crippen molar-refractivity contribution in [3.63, 3.8) is 0 Å². The number of carbonyl (C=O) groups excluding carboxylic acids is 1. The lowest BCUT2D eigenvalue weighted by Crippen LogP contribution is -2.06. The third kappa shape index (κ3) is 3.20. The molecule has 0 atom stereocenters. The van der Waals surface area contributed by atoms with Crippen molar-refractivity contribution in [2.45, 2.75) is 37.6 Å². The number of rotatable bonds is 4. The quantitative estimate of drug-likeness (QED) is 0.367. The third-order valence-electron chi connectivity index (χ3n) is 4.41. The van der Waals surface area contributed by atoms with Gasteiger partial charge in [0.15, 0.2) is 5.78 Å². The smallest absolute Gasteiger partial charge is 0.176 e. The van der Waals surface area contributed by atoms with Gasteiger partial charge in [-0.15, -0.1) is 11.3 Å². The van der Waals surface area contributed by atoms with Gasteiger partial charge in [-0.1, -0.05) is 23.9 Å². The molecule has 1 aliphatic carbocycles. The fourth-order valence-corrected chi connectivity index (χ4v) is 5.58. The Morgan fingerprint density at radius 2 is 2.04 bits per heavy atom. The summed E-state index contributed by atoms with van der Waals surface area (Å²) < 4.78 is 13.8. The van der Waals surface area contributed by atoms with Crippen molar-refractivity contribution in [1.82, 2.24) is 9.97 Å². The van der Waals surface area contributed by atoms with Gasteiger partial charge < -0.3 is 0 Å². The SMILES string of the molecule is Cc1nc(SCC(=O)c2ccccc2F)c2c3c(sc2n1)CCCC3. The fourth-order valence-electron chi connectivity index (χ4n) is 3.23. The molecule has 4 rings (SSSR count). The maximum Gasteiger partial charge on any atom is 0.176 e. The van der Waals surface area contributed by atoms with Gasteiger partial charge in [-0.25, -0.2) is 14.4 Å². The number of nitrogens with zero attached hydrogens (tertiary/aromatic N) is 2. The Hall–Kier alpha value is -1.79. The Morgan fingerprint density at radius 1 is 1.24 bits per heavy atom. The molecule has 1 aromatic carbocycles. The molecule has 6 heteroatoms. The first-order valence-electron chi connectivity index (χ1n) is 8.33. The highest BCUT2D eigenvalue weighted by Crippen LogP contribution is 2.39. The summed E-state index contributed by atoms with van der Waals surface area (Å²) in [6.45, 7) is 1.88. The van der Waals surface area contributed by atoms with Gasteiger partial charge in [0.1, 0.15) is 21.5 Å². The van der Waals surface area contributed by atoms with Gasteiger partial charge >= 0.3 is 0 Å². The Bertz CT molecular complexity index is 967. The van der Waals surface area contributed by atoms with Crippen molar-refractivity contribution in [3.8, 4) is 0 Å². The summed E-state index contributed by atoms with van der Waals surface area (Å²) >= 11 is 3.14. The number of Topliss-reactive ketones (excluding diaryl/α,β-unsaturated/α-hetero) is 1. The van der Waals surface area contributed by atoms with Crippen LogP contribution in [0.5, 0.6) is 0 Å². The molecule has 0 spiro atoms. The number of carbonyl (C=O) groups is 1. The van der Waals surface area contributed by atoms with Crippen LogP contribution >= 0.6 is 23.1 Å². The highest BCUT2D eigenvalue weighted by Gasteiger charge is 2.21. The summed E-state index contributed by atoms with van der Waals surface area (Å²) in [5, 5.41) is 1.96. The highest BCUT2D eigenvalue weighted by molar-refractivity contribution is 8.00. The van der Waals surface area contributed by atoms with Crippen LogP contribution in [0.4, 0.5) is 4.39 Å². The molecule has 0 N–H and O–H groups in total. The number of fused-ring (bicyclic) bond motifs is 3. The average Bonchev–Trinajstić information content (AvgIpc) is 2.97. The molecule has 0 saturated heterocycles. The Labute approximate surface area is 153 Å². The van der Waals surface area contributed by atoms with E-state index >= 15 is 0 Å². The van der Waals surface area contributed by atoms with Gasteiger partial charge in [0, 0.05) is 10.3 Å². The molecule has 0 fully saturated rings. The Kier molecular flexibility index (Phi) is 4.56. The van der Waals surface area contributed by atoms with Crippen LogP contribution in [0.1, 0.15) is 39.5 Å². The van der Waals surface area contributed by atoms with Crippen LogP contribution in [-0.4, -0.2) is 21.5 Å². The number of aryl methyl sites for hydroxylation is 3. The minimum absolute atomic E-state index is 0.143. The lowest BCUT2D eigenvalue weighted by molar-refractivity contribution is 0.101. The molecule has 0 saturated carbocycles. The number of aromatic nitrogens is 2. The standard InChI is InChI=1S/C19H17FN2OS2/c1-11-21-18(24-10-15(23)12-6-2-4-8-14(12)20)17-13-7-3-5-9-16(13)25-19(17)22-11/h2,4,6,8H,3,5,7,9-10H2,1H3. The number of thioether (sulfide) groups is 1. The average molecular weight is 372 g/mol. The number of hydrogen-bond donors (Lipinski definition) is 0. The summed E-state index contributed by atoms with van der Waals surface area (Å²) in [5.41, 5.74) is 1.50. The van der Waals surface area contributed by atoms with E-state index in [1.54, 1.807) is 23.5 Å². The predicted molar refractivity (Wildman–Crippen MR) is 100 cm³/mol. The van der Waals surface area contributed by atoms with Gasteiger partial charge in [0.25, 0.3) is 0 Å². The van der Waals surface area contributed by atoms with Crippen LogP contribution in [0.15, 0.2) is 29.3 Å². The van der Waals surface area contributed by atoms with E-state index in [1.165, 1.54) is 47.2 Å². The van der Waals surface area contributed by atoms with Crippen molar-refractivity contribution in [3.05, 3.63) is 51.9 Å². The minimum atomic E-state index is -0.468. The van der Waals surface area contributed by atoms with Gasteiger partial charge in [0.05, 0.1) is 11.3 Å². The molecule has 2 aromatic heterocycles. The van der Waals surface area contributed by atoms with Gasteiger partial charge in [-0.05, 0) is 50.3 Å². The fraction of sp³-hybridized carbons (Fsp3) is 0.316. The van der Waals surface area contributed by atoms with Crippen LogP contribution in [0.3, 0.4) is 0 Å². The molecule has 128 valence electrons. The van der Waals surface area contributed by atoms with Gasteiger partial charge in [0.2, 0.25) is 0 Å². The molecule has 3 nitrogen and oxygen atoms in total. The molecule has 0 unspecified atom stereocenters. The first-order chi connectivity index (χ1) is 12.1. The van der Waals surface area contributed by atoms with Crippen LogP contribution in [0.25, 0.3) is 10.2 Å². The lowest BCUT2D eigenvalue weighted by Gasteiger charge is -2.11. The number of hydrogen-bond acceptors (Lipinski definition) is 5. The van der Waals surface area contributed by atoms with E-state index in [4.69, 9.17) is 0 Å². The summed E-state index contributed by atoms with van der Waals surface area (Å²) in [7, 11) is 0. The molecule has 1 aliphatic rings. The summed E-state index contributed by atoms with van der Waals surface area (Å²) in [4.78, 5) is 24.0. The number of benzene rings is 1. The number of halogens is 1. The van der Waals surface area contributed by atoms with Gasteiger partial charge in [-0.3, -0.25) is 4.79 Å². The molecular formula is C19H17FN2OS2. The topological polar surface area (TPSA) is 42.9 Å². The second-order valence-electron chi connectivity index (χ2n) is 6.16. The third-order valence-corrected chi connectivity index (χ3v) is 6.57. The molecule has 2 heterocycles. The second-order valence-corrected chi connectivity index (χ2v) is 8.21. The molecule has 3 aromatic rings. The van der Waals surface area contributed by atoms with E-state index in [2.05, 4.69) is 9.97 Å². The van der Waals surface area contributed by atoms with E-state index in [0.717, 1.165) is 28.1 Å². The zero-order chi connectivity index (χ0) is 17.4. The lowest BCUT2D eigenvalue weighted by atomic mass is 9.97. The minimum Gasteiger partial charge on any atom is -0.293 e. The first kappa shape index (κ1) is 16.7. The van der Waals surface area contributed by atoms with Crippen molar-refractivity contribution in [2.75, 3.05) is 5.75 Å². The van der Waals surface area contributed by atoms with Crippen molar-refractivity contribution >= 4 is 39.1 Å². The second kappa shape index (κ2) is 6.84. The van der Waals surface area contributed by atoms with E-state index in [0.29, 0.717) is 5.82 Å². The van der Waals surface area contributed by atoms with E-state index in [9.17, 15) is 9.18 Å². The normalized spacial score (nSPS) is 13.8.